The van der Waals surface area contributed by atoms with Gasteiger partial charge in [-0.3, -0.25) is 4.90 Å². The van der Waals surface area contributed by atoms with Crippen LogP contribution in [0.15, 0.2) is 48.7 Å². The molecule has 1 atom stereocenters. The van der Waals surface area contributed by atoms with Gasteiger partial charge in [-0.2, -0.15) is 0 Å². The summed E-state index contributed by atoms with van der Waals surface area (Å²) in [5.41, 5.74) is 2.42. The predicted octanol–water partition coefficient (Wildman–Crippen LogP) is 4.84. The number of piperidine rings is 1. The zero-order valence-corrected chi connectivity index (χ0v) is 14.8. The summed E-state index contributed by atoms with van der Waals surface area (Å²) in [5, 5.41) is 0. The van der Waals surface area contributed by atoms with Crippen LogP contribution >= 0.6 is 0 Å². The third-order valence-electron chi connectivity index (χ3n) is 4.59. The Morgan fingerprint density at radius 3 is 2.75 bits per heavy atom. The van der Waals surface area contributed by atoms with Crippen molar-refractivity contribution in [3.8, 4) is 5.88 Å². The standard InChI is InChI=1S/C21H28N2O/c1-17(2)15-23-14-7-6-12-20(23)19-11-8-13-22-21(19)24-16-18-9-4-3-5-10-18/h3-5,8-11,13,17,20H,6-7,12,14-16H2,1-2H3. The minimum atomic E-state index is 0.431. The smallest absolute Gasteiger partial charge is 0.218 e. The van der Waals surface area contributed by atoms with E-state index in [2.05, 4.69) is 41.9 Å². The maximum Gasteiger partial charge on any atom is 0.218 e. The Balaban J connectivity index is 1.77. The quantitative estimate of drug-likeness (QED) is 0.760. The second-order valence-electron chi connectivity index (χ2n) is 7.07. The molecule has 1 aliphatic rings. The van der Waals surface area contributed by atoms with Crippen LogP contribution in [0.4, 0.5) is 0 Å². The van der Waals surface area contributed by atoms with Gasteiger partial charge in [0.1, 0.15) is 6.61 Å². The molecule has 3 nitrogen and oxygen atoms in total. The molecule has 3 rings (SSSR count). The Kier molecular flexibility index (Phi) is 5.86. The Morgan fingerprint density at radius 1 is 1.12 bits per heavy atom. The van der Waals surface area contributed by atoms with Crippen LogP contribution in [0.5, 0.6) is 5.88 Å². The van der Waals surface area contributed by atoms with Crippen LogP contribution in [0.25, 0.3) is 0 Å². The molecule has 0 bridgehead atoms. The first-order chi connectivity index (χ1) is 11.7. The number of rotatable bonds is 6. The molecular weight excluding hydrogens is 296 g/mol. The van der Waals surface area contributed by atoms with E-state index in [9.17, 15) is 0 Å². The summed E-state index contributed by atoms with van der Waals surface area (Å²) in [7, 11) is 0. The predicted molar refractivity (Wildman–Crippen MR) is 98.0 cm³/mol. The fourth-order valence-corrected chi connectivity index (χ4v) is 3.53. The molecule has 0 amide bonds. The van der Waals surface area contributed by atoms with E-state index in [1.54, 1.807) is 0 Å². The molecular formula is C21H28N2O. The van der Waals surface area contributed by atoms with Crippen molar-refractivity contribution in [1.82, 2.24) is 9.88 Å². The highest BCUT2D eigenvalue weighted by molar-refractivity contribution is 5.30. The molecule has 0 saturated carbocycles. The largest absolute Gasteiger partial charge is 0.473 e. The summed E-state index contributed by atoms with van der Waals surface area (Å²) in [4.78, 5) is 7.15. The lowest BCUT2D eigenvalue weighted by atomic mass is 9.95. The third-order valence-corrected chi connectivity index (χ3v) is 4.59. The lowest BCUT2D eigenvalue weighted by Gasteiger charge is -2.37. The fraction of sp³-hybridized carbons (Fsp3) is 0.476. The van der Waals surface area contributed by atoms with E-state index in [1.165, 1.54) is 36.9 Å². The number of aromatic nitrogens is 1. The second kappa shape index (κ2) is 8.29. The molecule has 0 spiro atoms. The maximum absolute atomic E-state index is 6.09. The van der Waals surface area contributed by atoms with E-state index in [1.807, 2.05) is 30.5 Å². The van der Waals surface area contributed by atoms with Crippen LogP contribution in [-0.4, -0.2) is 23.0 Å². The van der Waals surface area contributed by atoms with Gasteiger partial charge in [-0.25, -0.2) is 4.98 Å². The molecule has 128 valence electrons. The monoisotopic (exact) mass is 324 g/mol. The number of benzene rings is 1. The number of pyridine rings is 1. The van der Waals surface area contributed by atoms with Gasteiger partial charge < -0.3 is 4.74 Å². The summed E-state index contributed by atoms with van der Waals surface area (Å²) in [6.45, 7) is 7.47. The van der Waals surface area contributed by atoms with Crippen molar-refractivity contribution in [2.24, 2.45) is 5.92 Å². The molecule has 1 saturated heterocycles. The van der Waals surface area contributed by atoms with Crippen LogP contribution in [0.3, 0.4) is 0 Å². The first-order valence-corrected chi connectivity index (χ1v) is 9.09. The molecule has 1 aliphatic heterocycles. The molecule has 0 N–H and O–H groups in total. The molecule has 1 aromatic carbocycles. The SMILES string of the molecule is CC(C)CN1CCCCC1c1cccnc1OCc1ccccc1. The number of hydrogen-bond acceptors (Lipinski definition) is 3. The average molecular weight is 324 g/mol. The lowest BCUT2D eigenvalue weighted by molar-refractivity contribution is 0.128. The van der Waals surface area contributed by atoms with E-state index in [4.69, 9.17) is 4.74 Å². The molecule has 2 aromatic rings. The van der Waals surface area contributed by atoms with Crippen molar-refractivity contribution in [3.63, 3.8) is 0 Å². The first kappa shape index (κ1) is 17.0. The number of likely N-dealkylation sites (tertiary alicyclic amines) is 1. The highest BCUT2D eigenvalue weighted by atomic mass is 16.5. The van der Waals surface area contributed by atoms with Gasteiger partial charge in [-0.05, 0) is 36.9 Å². The van der Waals surface area contributed by atoms with E-state index < -0.39 is 0 Å². The minimum Gasteiger partial charge on any atom is -0.473 e. The molecule has 1 aromatic heterocycles. The van der Waals surface area contributed by atoms with Gasteiger partial charge >= 0.3 is 0 Å². The van der Waals surface area contributed by atoms with Gasteiger partial charge in [0.15, 0.2) is 0 Å². The minimum absolute atomic E-state index is 0.431. The Labute approximate surface area is 145 Å². The molecule has 24 heavy (non-hydrogen) atoms. The highest BCUT2D eigenvalue weighted by Gasteiger charge is 2.27. The second-order valence-corrected chi connectivity index (χ2v) is 7.07. The Bertz CT molecular complexity index is 627. The van der Waals surface area contributed by atoms with Crippen LogP contribution in [0, 0.1) is 5.92 Å². The summed E-state index contributed by atoms with van der Waals surface area (Å²) < 4.78 is 6.09. The third kappa shape index (κ3) is 4.35. The van der Waals surface area contributed by atoms with Crippen LogP contribution in [-0.2, 0) is 6.61 Å². The van der Waals surface area contributed by atoms with Gasteiger partial charge in [0, 0.05) is 24.3 Å². The lowest BCUT2D eigenvalue weighted by Crippen LogP contribution is -2.36. The summed E-state index contributed by atoms with van der Waals surface area (Å²) >= 11 is 0. The van der Waals surface area contributed by atoms with Crippen LogP contribution < -0.4 is 4.74 Å². The zero-order chi connectivity index (χ0) is 16.8. The van der Waals surface area contributed by atoms with Gasteiger partial charge in [0.05, 0.1) is 0 Å². The summed E-state index contributed by atoms with van der Waals surface area (Å²) in [6.07, 6.45) is 5.61. The zero-order valence-electron chi connectivity index (χ0n) is 14.8. The first-order valence-electron chi connectivity index (χ1n) is 9.09. The highest BCUT2D eigenvalue weighted by Crippen LogP contribution is 2.35. The molecule has 0 radical (unpaired) electrons. The van der Waals surface area contributed by atoms with Crippen molar-refractivity contribution in [2.75, 3.05) is 13.1 Å². The van der Waals surface area contributed by atoms with Crippen molar-refractivity contribution in [2.45, 2.75) is 45.8 Å². The van der Waals surface area contributed by atoms with E-state index in [-0.39, 0.29) is 0 Å². The van der Waals surface area contributed by atoms with Crippen LogP contribution in [0.1, 0.15) is 50.3 Å². The molecule has 0 aliphatic carbocycles. The van der Waals surface area contributed by atoms with Crippen molar-refractivity contribution in [3.05, 3.63) is 59.8 Å². The fourth-order valence-electron chi connectivity index (χ4n) is 3.53. The maximum atomic E-state index is 6.09. The van der Waals surface area contributed by atoms with E-state index in [0.29, 0.717) is 18.6 Å². The molecule has 2 heterocycles. The Morgan fingerprint density at radius 2 is 1.96 bits per heavy atom. The van der Waals surface area contributed by atoms with Crippen LogP contribution in [0.2, 0.25) is 0 Å². The normalized spacial score (nSPS) is 18.7. The van der Waals surface area contributed by atoms with Gasteiger partial charge in [0.25, 0.3) is 0 Å². The molecule has 1 unspecified atom stereocenters. The van der Waals surface area contributed by atoms with Crippen molar-refractivity contribution in [1.29, 1.82) is 0 Å². The van der Waals surface area contributed by atoms with Gasteiger partial charge in [-0.15, -0.1) is 0 Å². The molecule has 1 fully saturated rings. The topological polar surface area (TPSA) is 25.4 Å². The van der Waals surface area contributed by atoms with Crippen molar-refractivity contribution >= 4 is 0 Å². The van der Waals surface area contributed by atoms with Gasteiger partial charge in [-0.1, -0.05) is 56.7 Å². The average Bonchev–Trinajstić information content (AvgIpc) is 2.61. The number of ether oxygens (including phenoxy) is 1. The molecule has 3 heteroatoms. The number of nitrogens with zero attached hydrogens (tertiary/aromatic N) is 2. The van der Waals surface area contributed by atoms with Crippen molar-refractivity contribution < 1.29 is 4.74 Å². The number of hydrogen-bond donors (Lipinski definition) is 0. The Hall–Kier alpha value is -1.87. The van der Waals surface area contributed by atoms with E-state index >= 15 is 0 Å². The van der Waals surface area contributed by atoms with Gasteiger partial charge in [0.2, 0.25) is 5.88 Å². The summed E-state index contributed by atoms with van der Waals surface area (Å²) in [5.74, 6) is 1.47. The van der Waals surface area contributed by atoms with E-state index in [0.717, 1.165) is 12.4 Å². The summed E-state index contributed by atoms with van der Waals surface area (Å²) in [6, 6.07) is 15.0.